The number of rotatable bonds is 5. The largest absolute Gasteiger partial charge is 0.457 e. The molecule has 0 unspecified atom stereocenters. The zero-order chi connectivity index (χ0) is 14.5. The van der Waals surface area contributed by atoms with E-state index in [1.165, 1.54) is 6.07 Å². The molecule has 0 amide bonds. The average Bonchev–Trinajstić information content (AvgIpc) is 2.42. The van der Waals surface area contributed by atoms with E-state index in [-0.39, 0.29) is 5.82 Å². The van der Waals surface area contributed by atoms with Gasteiger partial charge in [-0.25, -0.2) is 4.39 Å². The Labute approximate surface area is 123 Å². The van der Waals surface area contributed by atoms with Gasteiger partial charge in [-0.3, -0.25) is 0 Å². The SMILES string of the molecule is CCNCc1c(F)cccc1Oc1ccc(Cl)c(C)c1. The zero-order valence-electron chi connectivity index (χ0n) is 11.5. The van der Waals surface area contributed by atoms with E-state index in [1.54, 1.807) is 24.3 Å². The van der Waals surface area contributed by atoms with E-state index < -0.39 is 0 Å². The number of aryl methyl sites for hydroxylation is 1. The molecule has 0 aliphatic carbocycles. The molecule has 2 aromatic carbocycles. The standard InChI is InChI=1S/C16H17ClFNO/c1-3-19-10-13-15(18)5-4-6-16(13)20-12-7-8-14(17)11(2)9-12/h4-9,19H,3,10H2,1-2H3. The van der Waals surface area contributed by atoms with Crippen molar-refractivity contribution < 1.29 is 9.13 Å². The van der Waals surface area contributed by atoms with Crippen molar-refractivity contribution in [2.45, 2.75) is 20.4 Å². The first kappa shape index (κ1) is 14.8. The third kappa shape index (κ3) is 3.50. The van der Waals surface area contributed by atoms with Crippen molar-refractivity contribution in [3.8, 4) is 11.5 Å². The van der Waals surface area contributed by atoms with Crippen LogP contribution in [0.3, 0.4) is 0 Å². The minimum Gasteiger partial charge on any atom is -0.457 e. The first-order valence-electron chi connectivity index (χ1n) is 6.54. The third-order valence-corrected chi connectivity index (χ3v) is 3.41. The molecule has 0 atom stereocenters. The van der Waals surface area contributed by atoms with E-state index in [4.69, 9.17) is 16.3 Å². The number of hydrogen-bond acceptors (Lipinski definition) is 2. The number of nitrogens with one attached hydrogen (secondary N) is 1. The molecule has 2 aromatic rings. The second kappa shape index (κ2) is 6.73. The third-order valence-electron chi connectivity index (χ3n) is 2.98. The molecule has 0 saturated heterocycles. The van der Waals surface area contributed by atoms with Gasteiger partial charge in [0.25, 0.3) is 0 Å². The van der Waals surface area contributed by atoms with Gasteiger partial charge in [-0.05, 0) is 49.4 Å². The fraction of sp³-hybridized carbons (Fsp3) is 0.250. The molecule has 0 fully saturated rings. The smallest absolute Gasteiger partial charge is 0.134 e. The van der Waals surface area contributed by atoms with Gasteiger partial charge < -0.3 is 10.1 Å². The molecule has 0 aromatic heterocycles. The quantitative estimate of drug-likeness (QED) is 0.863. The lowest BCUT2D eigenvalue weighted by Crippen LogP contribution is -2.13. The van der Waals surface area contributed by atoms with Gasteiger partial charge in [0.05, 0.1) is 0 Å². The Bertz CT molecular complexity index is 601. The summed E-state index contributed by atoms with van der Waals surface area (Å²) in [6.45, 7) is 5.09. The van der Waals surface area contributed by atoms with Crippen LogP contribution in [-0.2, 0) is 6.54 Å². The van der Waals surface area contributed by atoms with Crippen molar-refractivity contribution in [2.24, 2.45) is 0 Å². The Morgan fingerprint density at radius 3 is 2.75 bits per heavy atom. The van der Waals surface area contributed by atoms with E-state index >= 15 is 0 Å². The molecular formula is C16H17ClFNO. The van der Waals surface area contributed by atoms with Crippen LogP contribution < -0.4 is 10.1 Å². The lowest BCUT2D eigenvalue weighted by Gasteiger charge is -2.13. The molecule has 0 spiro atoms. The molecule has 1 N–H and O–H groups in total. The molecule has 0 aliphatic heterocycles. The molecule has 0 radical (unpaired) electrons. The zero-order valence-corrected chi connectivity index (χ0v) is 12.3. The van der Waals surface area contributed by atoms with E-state index in [0.29, 0.717) is 28.6 Å². The van der Waals surface area contributed by atoms with Gasteiger partial charge >= 0.3 is 0 Å². The van der Waals surface area contributed by atoms with Crippen LogP contribution in [-0.4, -0.2) is 6.54 Å². The molecule has 4 heteroatoms. The van der Waals surface area contributed by atoms with E-state index in [2.05, 4.69) is 5.32 Å². The summed E-state index contributed by atoms with van der Waals surface area (Å²) in [5, 5.41) is 3.80. The highest BCUT2D eigenvalue weighted by Gasteiger charge is 2.10. The summed E-state index contributed by atoms with van der Waals surface area (Å²) in [6.07, 6.45) is 0. The maximum Gasteiger partial charge on any atom is 0.134 e. The van der Waals surface area contributed by atoms with Crippen LogP contribution in [0.5, 0.6) is 11.5 Å². The van der Waals surface area contributed by atoms with Crippen LogP contribution in [0.1, 0.15) is 18.1 Å². The summed E-state index contributed by atoms with van der Waals surface area (Å²) in [6, 6.07) is 10.2. The minimum atomic E-state index is -0.269. The van der Waals surface area contributed by atoms with Crippen molar-refractivity contribution in [2.75, 3.05) is 6.54 Å². The summed E-state index contributed by atoms with van der Waals surface area (Å²) in [7, 11) is 0. The first-order chi connectivity index (χ1) is 9.61. The summed E-state index contributed by atoms with van der Waals surface area (Å²) in [5.41, 5.74) is 1.45. The second-order valence-electron chi connectivity index (χ2n) is 4.51. The fourth-order valence-electron chi connectivity index (χ4n) is 1.86. The Kier molecular flexibility index (Phi) is 4.99. The summed E-state index contributed by atoms with van der Waals surface area (Å²) in [5.74, 6) is 0.900. The predicted octanol–water partition coefficient (Wildman–Crippen LogP) is 4.69. The van der Waals surface area contributed by atoms with Crippen LogP contribution in [0, 0.1) is 12.7 Å². The van der Waals surface area contributed by atoms with Crippen molar-refractivity contribution in [1.29, 1.82) is 0 Å². The van der Waals surface area contributed by atoms with Crippen molar-refractivity contribution in [3.05, 3.63) is 58.4 Å². The predicted molar refractivity (Wildman–Crippen MR) is 80.0 cm³/mol. The molecule has 2 nitrogen and oxygen atoms in total. The summed E-state index contributed by atoms with van der Waals surface area (Å²) >= 11 is 5.98. The average molecular weight is 294 g/mol. The highest BCUT2D eigenvalue weighted by Crippen LogP contribution is 2.29. The van der Waals surface area contributed by atoms with E-state index in [9.17, 15) is 4.39 Å². The fourth-order valence-corrected chi connectivity index (χ4v) is 1.98. The lowest BCUT2D eigenvalue weighted by atomic mass is 10.1. The summed E-state index contributed by atoms with van der Waals surface area (Å²) < 4.78 is 19.7. The molecule has 20 heavy (non-hydrogen) atoms. The number of hydrogen-bond donors (Lipinski definition) is 1. The van der Waals surface area contributed by atoms with Crippen molar-refractivity contribution in [1.82, 2.24) is 5.32 Å². The number of halogens is 2. The van der Waals surface area contributed by atoms with Gasteiger partial charge in [0, 0.05) is 17.1 Å². The van der Waals surface area contributed by atoms with Crippen LogP contribution in [0.2, 0.25) is 5.02 Å². The van der Waals surface area contributed by atoms with Gasteiger partial charge in [0.2, 0.25) is 0 Å². The van der Waals surface area contributed by atoms with Crippen LogP contribution in [0.25, 0.3) is 0 Å². The number of ether oxygens (including phenoxy) is 1. The molecule has 0 heterocycles. The monoisotopic (exact) mass is 293 g/mol. The topological polar surface area (TPSA) is 21.3 Å². The molecule has 106 valence electrons. The lowest BCUT2D eigenvalue weighted by molar-refractivity contribution is 0.462. The van der Waals surface area contributed by atoms with E-state index in [0.717, 1.165) is 12.1 Å². The Hall–Kier alpha value is -1.58. The Morgan fingerprint density at radius 1 is 1.25 bits per heavy atom. The van der Waals surface area contributed by atoms with Gasteiger partial charge in [-0.2, -0.15) is 0 Å². The highest BCUT2D eigenvalue weighted by molar-refractivity contribution is 6.31. The maximum atomic E-state index is 13.9. The van der Waals surface area contributed by atoms with E-state index in [1.807, 2.05) is 19.9 Å². The van der Waals surface area contributed by atoms with Gasteiger partial charge in [-0.15, -0.1) is 0 Å². The van der Waals surface area contributed by atoms with Crippen molar-refractivity contribution >= 4 is 11.6 Å². The number of benzene rings is 2. The van der Waals surface area contributed by atoms with Crippen molar-refractivity contribution in [3.63, 3.8) is 0 Å². The molecule has 0 saturated carbocycles. The maximum absolute atomic E-state index is 13.9. The Morgan fingerprint density at radius 2 is 2.05 bits per heavy atom. The van der Waals surface area contributed by atoms with Gasteiger partial charge in [0.1, 0.15) is 17.3 Å². The minimum absolute atomic E-state index is 0.269. The molecule has 0 aliphatic rings. The molecule has 2 rings (SSSR count). The first-order valence-corrected chi connectivity index (χ1v) is 6.91. The Balaban J connectivity index is 2.28. The van der Waals surface area contributed by atoms with Gasteiger partial charge in [-0.1, -0.05) is 24.6 Å². The van der Waals surface area contributed by atoms with Crippen LogP contribution in [0.4, 0.5) is 4.39 Å². The molecular weight excluding hydrogens is 277 g/mol. The van der Waals surface area contributed by atoms with Gasteiger partial charge in [0.15, 0.2) is 0 Å². The van der Waals surface area contributed by atoms with Crippen LogP contribution >= 0.6 is 11.6 Å². The van der Waals surface area contributed by atoms with Crippen LogP contribution in [0.15, 0.2) is 36.4 Å². The normalized spacial score (nSPS) is 10.6. The summed E-state index contributed by atoms with van der Waals surface area (Å²) in [4.78, 5) is 0. The molecule has 0 bridgehead atoms. The second-order valence-corrected chi connectivity index (χ2v) is 4.92. The highest BCUT2D eigenvalue weighted by atomic mass is 35.5.